The second-order valence-corrected chi connectivity index (χ2v) is 32.6. The van der Waals surface area contributed by atoms with Crippen LogP contribution in [0.1, 0.15) is 150 Å². The number of hydrogen-bond donors (Lipinski definition) is 8. The molecule has 3 fully saturated rings. The number of nitrogens with zero attached hydrogens (tertiary/aromatic N) is 10. The Hall–Kier alpha value is -13.3. The van der Waals surface area contributed by atoms with Crippen LogP contribution in [-0.4, -0.2) is 97.4 Å². The maximum absolute atomic E-state index is 14.4. The van der Waals surface area contributed by atoms with Gasteiger partial charge in [0.05, 0.1) is 50.5 Å². The zero-order valence-corrected chi connectivity index (χ0v) is 69.2. The fraction of sp³-hybridized carbons (Fsp3) is 0.337. The average molecular weight is 1760 g/mol. The number of nitrogen functional groups attached to an aromatic ring is 2. The number of fused-ring (bicyclic) bond motifs is 1. The topological polar surface area (TPSA) is 365 Å². The van der Waals surface area contributed by atoms with Gasteiger partial charge in [-0.1, -0.05) is 0 Å². The molecule has 0 radical (unpaired) electrons. The number of nitrogens with two attached hydrogens (primary N) is 2. The third-order valence-corrected chi connectivity index (χ3v) is 17.1. The number of benzene rings is 6. The summed E-state index contributed by atoms with van der Waals surface area (Å²) in [5.41, 5.74) is 7.73. The van der Waals surface area contributed by atoms with Crippen LogP contribution < -0.4 is 53.2 Å². The van der Waals surface area contributed by atoms with Gasteiger partial charge in [0, 0.05) is 59.1 Å². The van der Waals surface area contributed by atoms with Crippen molar-refractivity contribution in [1.29, 1.82) is 0 Å². The molecule has 10 aromatic rings. The van der Waals surface area contributed by atoms with Gasteiger partial charge in [-0.05, 0) is 255 Å². The van der Waals surface area contributed by atoms with Gasteiger partial charge in [-0.15, -0.1) is 0 Å². The largest absolute Gasteiger partial charge is 0.443 e. The summed E-state index contributed by atoms with van der Waals surface area (Å²) in [5.74, 6) is -1.49. The summed E-state index contributed by atoms with van der Waals surface area (Å²) in [5, 5.41) is 16.6. The summed E-state index contributed by atoms with van der Waals surface area (Å²) < 4.78 is 182. The minimum atomic E-state index is -4.56. The lowest BCUT2D eigenvalue weighted by molar-refractivity contribution is -0.138. The van der Waals surface area contributed by atoms with Gasteiger partial charge in [0.25, 0.3) is 0 Å². The van der Waals surface area contributed by atoms with E-state index in [1.807, 2.05) is 0 Å². The van der Waals surface area contributed by atoms with E-state index in [4.69, 9.17) is 42.0 Å². The molecule has 0 atom stereocenters. The highest BCUT2D eigenvalue weighted by atomic mass is 35.5. The standard InChI is InChI=1S/C31H34F4N6O5.C27H30F4N6O4.C21H16F4N6.C4H5ClO/c1-29(2,3)45-27(43)41(28(44)46-30(4,5)6)24-16-23(37-22-15-19(32)11-14-21(22)38-25(42)17-7-8-17)39-26(40-24)36-20-12-9-18(10-13-20)31(33,34)35;1-25(2,3)40-23(38)37(24(39)41-26(4,5)6)21-14-20(34-19-13-16(28)9-12-18(19)32)35-22(36-21)33-17-10-7-15(8-11-17)27(29,30)31;22-13-5-8-15-16(9-13)31(19(28-15)11-1-2-11)18-10-17(26)29-20(30-18)27-14-6-3-12(4-7-14)21(23,24)25;5-4(6)3-1-2-3/h9-17H,7-8H2,1-6H3,(H,38,42)(H2,36,37,39,40);7-14H,32H2,1-6H3,(H2,33,34,35,36);3-11H,1-2H2,(H3,26,27,29,30);3H,1-2H2. The molecule has 13 rings (SSSR count). The molecule has 4 heterocycles. The van der Waals surface area contributed by atoms with Gasteiger partial charge in [-0.25, -0.2) is 37.3 Å². The Morgan fingerprint density at radius 3 is 1.15 bits per heavy atom. The van der Waals surface area contributed by atoms with E-state index < -0.39 is 99.4 Å². The van der Waals surface area contributed by atoms with E-state index in [0.29, 0.717) is 32.3 Å². The highest BCUT2D eigenvalue weighted by Gasteiger charge is 2.40. The predicted molar refractivity (Wildman–Crippen MR) is 440 cm³/mol. The molecule has 3 aliphatic rings. The number of anilines is 15. The zero-order valence-electron chi connectivity index (χ0n) is 68.5. The first kappa shape index (κ1) is 93.0. The molecular weight excluding hydrogens is 1670 g/mol. The number of imidazole rings is 1. The quantitative estimate of drug-likeness (QED) is 0.0182. The second-order valence-electron chi connectivity index (χ2n) is 32.3. The first-order valence-corrected chi connectivity index (χ1v) is 38.4. The maximum atomic E-state index is 14.4. The molecule has 6 aromatic carbocycles. The van der Waals surface area contributed by atoms with E-state index in [1.165, 1.54) is 48.5 Å². The lowest BCUT2D eigenvalue weighted by Gasteiger charge is -2.28. The van der Waals surface area contributed by atoms with Crippen LogP contribution in [0.2, 0.25) is 0 Å². The third-order valence-electron chi connectivity index (χ3n) is 16.8. The van der Waals surface area contributed by atoms with Gasteiger partial charge in [-0.2, -0.15) is 79.2 Å². The van der Waals surface area contributed by atoms with Gasteiger partial charge in [0.15, 0.2) is 11.6 Å². The van der Waals surface area contributed by atoms with Crippen molar-refractivity contribution in [2.75, 3.05) is 53.2 Å². The van der Waals surface area contributed by atoms with Crippen LogP contribution in [0.4, 0.5) is 159 Å². The van der Waals surface area contributed by atoms with Crippen molar-refractivity contribution in [3.05, 3.63) is 186 Å². The van der Waals surface area contributed by atoms with Crippen molar-refractivity contribution in [3.63, 3.8) is 0 Å². The monoisotopic (exact) mass is 1760 g/mol. The van der Waals surface area contributed by atoms with E-state index in [9.17, 15) is 81.5 Å². The summed E-state index contributed by atoms with van der Waals surface area (Å²) in [4.78, 5) is 107. The molecule has 3 saturated carbocycles. The van der Waals surface area contributed by atoms with Crippen molar-refractivity contribution in [1.82, 2.24) is 39.5 Å². The van der Waals surface area contributed by atoms with Crippen molar-refractivity contribution < 1.29 is 100 Å². The Bertz CT molecular complexity index is 5520. The lowest BCUT2D eigenvalue weighted by Crippen LogP contribution is -2.44. The van der Waals surface area contributed by atoms with E-state index in [-0.39, 0.29) is 110 Å². The van der Waals surface area contributed by atoms with Crippen molar-refractivity contribution in [2.24, 2.45) is 11.8 Å². The van der Waals surface area contributed by atoms with Crippen molar-refractivity contribution in [2.45, 2.75) is 168 Å². The Kier molecular flexibility index (Phi) is 27.9. The number of halogens is 13. The third kappa shape index (κ3) is 27.4. The summed E-state index contributed by atoms with van der Waals surface area (Å²) in [7, 11) is 0. The molecule has 41 heteroatoms. The number of amides is 5. The molecule has 28 nitrogen and oxygen atoms in total. The molecule has 0 saturated heterocycles. The molecule has 10 N–H and O–H groups in total. The maximum Gasteiger partial charge on any atom is 0.425 e. The molecule has 4 aromatic heterocycles. The van der Waals surface area contributed by atoms with Gasteiger partial charge in [0.1, 0.15) is 69.0 Å². The van der Waals surface area contributed by atoms with Gasteiger partial charge in [0.2, 0.25) is 29.0 Å². The Morgan fingerprint density at radius 1 is 0.411 bits per heavy atom. The van der Waals surface area contributed by atoms with E-state index >= 15 is 0 Å². The summed E-state index contributed by atoms with van der Waals surface area (Å²) in [6.07, 6.45) is -12.6. The fourth-order valence-corrected chi connectivity index (χ4v) is 11.0. The molecule has 0 bridgehead atoms. The second kappa shape index (κ2) is 37.2. The average Bonchev–Trinajstić information content (AvgIpc) is 1.60. The van der Waals surface area contributed by atoms with Crippen LogP contribution in [0.3, 0.4) is 0 Å². The summed E-state index contributed by atoms with van der Waals surface area (Å²) >= 11 is 5.04. The van der Waals surface area contributed by atoms with E-state index in [0.717, 1.165) is 129 Å². The first-order valence-electron chi connectivity index (χ1n) is 38.0. The Labute approximate surface area is 706 Å². The van der Waals surface area contributed by atoms with Crippen molar-refractivity contribution >= 4 is 145 Å². The minimum Gasteiger partial charge on any atom is -0.443 e. The van der Waals surface area contributed by atoms with Crippen LogP contribution in [0, 0.1) is 29.3 Å². The number of alkyl halides is 9. The minimum absolute atomic E-state index is 0.0566. The first-order chi connectivity index (χ1) is 57.7. The van der Waals surface area contributed by atoms with E-state index in [1.54, 1.807) is 99.8 Å². The van der Waals surface area contributed by atoms with Crippen LogP contribution >= 0.6 is 11.6 Å². The van der Waals surface area contributed by atoms with Gasteiger partial charge >= 0.3 is 42.9 Å². The molecular formula is C83H85ClF12N18O10. The van der Waals surface area contributed by atoms with Crippen LogP contribution in [-0.2, 0) is 47.1 Å². The molecule has 0 aliphatic heterocycles. The molecule has 0 unspecified atom stereocenters. The highest BCUT2D eigenvalue weighted by Crippen LogP contribution is 2.43. The van der Waals surface area contributed by atoms with Crippen molar-refractivity contribution in [3.8, 4) is 5.82 Å². The normalized spacial score (nSPS) is 13.5. The number of carbonyl (C=O) groups is 6. The lowest BCUT2D eigenvalue weighted by atomic mass is 10.2. The van der Waals surface area contributed by atoms with Crippen LogP contribution in [0.25, 0.3) is 16.9 Å². The number of carbonyl (C=O) groups excluding carboxylic acids is 6. The Morgan fingerprint density at radius 2 is 0.782 bits per heavy atom. The number of rotatable bonds is 17. The number of hydrogen-bond acceptors (Lipinski definition) is 24. The number of nitrogens with one attached hydrogen (secondary N) is 6. The SMILES string of the molecule is CC(C)(C)OC(=O)N(C(=O)OC(C)(C)C)c1cc(Nc2cc(F)ccc2N)nc(Nc2ccc(C(F)(F)F)cc2)n1.CC(C)(C)OC(=O)N(C(=O)OC(C)(C)C)c1cc(Nc2cc(F)ccc2NC(=O)C2CC2)nc(Nc2ccc(C(F)(F)F)cc2)n1.Nc1cc(-n2c(C3CC3)nc3ccc(F)cc32)nc(Nc2ccc(C(F)(F)F)cc2)n1.O=C(Cl)C1CC1. The smallest absolute Gasteiger partial charge is 0.425 e. The van der Waals surface area contributed by atoms with Gasteiger partial charge < -0.3 is 62.3 Å². The zero-order chi connectivity index (χ0) is 91.1. The Balaban J connectivity index is 0.000000190. The predicted octanol–water partition coefficient (Wildman–Crippen LogP) is 21.9. The number of ether oxygens (including phenoxy) is 4. The summed E-state index contributed by atoms with van der Waals surface area (Å²) in [6, 6.07) is 27.9. The molecule has 124 heavy (non-hydrogen) atoms. The van der Waals surface area contributed by atoms with Crippen LogP contribution in [0.5, 0.6) is 0 Å². The van der Waals surface area contributed by atoms with Gasteiger partial charge in [-0.3, -0.25) is 14.2 Å². The number of imide groups is 2. The van der Waals surface area contributed by atoms with Crippen LogP contribution in [0.15, 0.2) is 146 Å². The van der Waals surface area contributed by atoms with E-state index in [2.05, 4.69) is 66.8 Å². The number of aromatic nitrogens is 8. The fourth-order valence-electron chi connectivity index (χ4n) is 10.8. The molecule has 0 spiro atoms. The summed E-state index contributed by atoms with van der Waals surface area (Å²) in [6.45, 7) is 19.1. The molecule has 658 valence electrons. The molecule has 5 amide bonds. The molecule has 3 aliphatic carbocycles. The highest BCUT2D eigenvalue weighted by molar-refractivity contribution is 6.64.